The summed E-state index contributed by atoms with van der Waals surface area (Å²) in [7, 11) is 1.57. The maximum absolute atomic E-state index is 12.4. The van der Waals surface area contributed by atoms with E-state index in [0.717, 1.165) is 11.3 Å². The summed E-state index contributed by atoms with van der Waals surface area (Å²) in [4.78, 5) is 20.7. The number of benzene rings is 1. The van der Waals surface area contributed by atoms with E-state index in [0.29, 0.717) is 5.75 Å². The fourth-order valence-electron chi connectivity index (χ4n) is 2.42. The highest BCUT2D eigenvalue weighted by Gasteiger charge is 2.19. The molecule has 3 N–H and O–H groups in total. The topological polar surface area (TPSA) is 108 Å². The third kappa shape index (κ3) is 3.45. The lowest BCUT2D eigenvalue weighted by Crippen LogP contribution is -2.26. The summed E-state index contributed by atoms with van der Waals surface area (Å²) in [5.41, 5.74) is 7.51. The van der Waals surface area contributed by atoms with Gasteiger partial charge in [-0.2, -0.15) is 5.10 Å². The first kappa shape index (κ1) is 17.7. The number of aromatic nitrogens is 4. The Balaban J connectivity index is 1.82. The van der Waals surface area contributed by atoms with Crippen LogP contribution in [0.15, 0.2) is 36.5 Å². The van der Waals surface area contributed by atoms with Crippen molar-refractivity contribution in [2.75, 3.05) is 12.8 Å². The summed E-state index contributed by atoms with van der Waals surface area (Å²) in [6, 6.07) is 9.17. The van der Waals surface area contributed by atoms with Crippen molar-refractivity contribution in [3.05, 3.63) is 58.6 Å². The maximum Gasteiger partial charge on any atom is 0.274 e. The van der Waals surface area contributed by atoms with Crippen molar-refractivity contribution in [2.45, 2.75) is 13.5 Å². The molecule has 2 aromatic heterocycles. The number of rotatable bonds is 5. The van der Waals surface area contributed by atoms with Crippen molar-refractivity contribution in [1.29, 1.82) is 0 Å². The lowest BCUT2D eigenvalue weighted by molar-refractivity contribution is 0.0946. The van der Waals surface area contributed by atoms with Gasteiger partial charge in [0, 0.05) is 24.0 Å². The van der Waals surface area contributed by atoms with Crippen LogP contribution in [0.4, 0.5) is 5.82 Å². The number of carbonyl (C=O) groups excluding carboxylic acids is 1. The Bertz CT molecular complexity index is 956. The predicted molar refractivity (Wildman–Crippen MR) is 97.5 cm³/mol. The monoisotopic (exact) mass is 372 g/mol. The highest BCUT2D eigenvalue weighted by molar-refractivity contribution is 6.31. The Morgan fingerprint density at radius 1 is 1.31 bits per heavy atom. The molecular formula is C17H17ClN6O2. The van der Waals surface area contributed by atoms with E-state index in [1.807, 2.05) is 31.2 Å². The fraction of sp³-hybridized carbons (Fsp3) is 0.176. The largest absolute Gasteiger partial charge is 0.496 e. The standard InChI is InChI=1S/C17H17ClN6O2/c1-10-7-8-21-24(10)16-14(18)22-13(15(19)23-16)17(25)20-9-11-5-3-4-6-12(11)26-2/h3-8H,9H2,1-2H3,(H2,19,23)(H,20,25). The Morgan fingerprint density at radius 3 is 2.77 bits per heavy atom. The van der Waals surface area contributed by atoms with Crippen molar-refractivity contribution in [3.8, 4) is 11.6 Å². The number of anilines is 1. The van der Waals surface area contributed by atoms with Gasteiger partial charge in [0.2, 0.25) is 0 Å². The van der Waals surface area contributed by atoms with Crippen molar-refractivity contribution in [2.24, 2.45) is 0 Å². The van der Waals surface area contributed by atoms with Crippen LogP contribution in [-0.4, -0.2) is 32.8 Å². The third-order valence-electron chi connectivity index (χ3n) is 3.74. The molecule has 0 atom stereocenters. The molecule has 3 rings (SSSR count). The van der Waals surface area contributed by atoms with Crippen LogP contribution in [0.3, 0.4) is 0 Å². The molecule has 0 unspecified atom stereocenters. The van der Waals surface area contributed by atoms with Gasteiger partial charge in [-0.1, -0.05) is 29.8 Å². The van der Waals surface area contributed by atoms with Crippen LogP contribution in [0.2, 0.25) is 5.15 Å². The maximum atomic E-state index is 12.4. The number of nitrogens with one attached hydrogen (secondary N) is 1. The highest BCUT2D eigenvalue weighted by atomic mass is 35.5. The number of aryl methyl sites for hydroxylation is 1. The van der Waals surface area contributed by atoms with Crippen molar-refractivity contribution >= 4 is 23.3 Å². The number of nitrogens with two attached hydrogens (primary N) is 1. The van der Waals surface area contributed by atoms with Crippen LogP contribution in [-0.2, 0) is 6.54 Å². The van der Waals surface area contributed by atoms with Crippen molar-refractivity contribution in [3.63, 3.8) is 0 Å². The number of ether oxygens (including phenoxy) is 1. The summed E-state index contributed by atoms with van der Waals surface area (Å²) in [6.45, 7) is 2.09. The van der Waals surface area contributed by atoms with E-state index in [1.165, 1.54) is 4.68 Å². The number of hydrogen-bond acceptors (Lipinski definition) is 6. The Hall–Kier alpha value is -3.13. The van der Waals surface area contributed by atoms with Gasteiger partial charge < -0.3 is 15.8 Å². The predicted octanol–water partition coefficient (Wildman–Crippen LogP) is 2.14. The first-order valence-corrected chi connectivity index (χ1v) is 8.13. The molecule has 2 heterocycles. The van der Waals surface area contributed by atoms with Crippen LogP contribution in [0.5, 0.6) is 5.75 Å². The molecule has 0 aliphatic heterocycles. The molecular weight excluding hydrogens is 356 g/mol. The Kier molecular flexibility index (Phi) is 5.04. The minimum atomic E-state index is -0.480. The molecule has 3 aromatic rings. The number of halogens is 1. The summed E-state index contributed by atoms with van der Waals surface area (Å²) in [6.07, 6.45) is 1.61. The number of carbonyl (C=O) groups is 1. The molecule has 1 aromatic carbocycles. The van der Waals surface area contributed by atoms with Gasteiger partial charge in [-0.15, -0.1) is 0 Å². The summed E-state index contributed by atoms with van der Waals surface area (Å²) >= 11 is 6.18. The minimum Gasteiger partial charge on any atom is -0.496 e. The molecule has 0 fully saturated rings. The van der Waals surface area contributed by atoms with Crippen molar-refractivity contribution in [1.82, 2.24) is 25.1 Å². The van der Waals surface area contributed by atoms with Gasteiger partial charge in [0.05, 0.1) is 7.11 Å². The van der Waals surface area contributed by atoms with Crippen LogP contribution in [0.1, 0.15) is 21.7 Å². The van der Waals surface area contributed by atoms with Gasteiger partial charge in [-0.05, 0) is 19.1 Å². The van der Waals surface area contributed by atoms with Gasteiger partial charge >= 0.3 is 0 Å². The fourth-order valence-corrected chi connectivity index (χ4v) is 2.63. The number of hydrogen-bond donors (Lipinski definition) is 2. The van der Waals surface area contributed by atoms with E-state index < -0.39 is 5.91 Å². The van der Waals surface area contributed by atoms with Gasteiger partial charge in [0.1, 0.15) is 5.75 Å². The lowest BCUT2D eigenvalue weighted by atomic mass is 10.2. The quantitative estimate of drug-likeness (QED) is 0.710. The molecule has 0 radical (unpaired) electrons. The van der Waals surface area contributed by atoms with Gasteiger partial charge in [-0.25, -0.2) is 14.6 Å². The number of methoxy groups -OCH3 is 1. The Labute approximate surface area is 155 Å². The zero-order valence-electron chi connectivity index (χ0n) is 14.2. The average molecular weight is 373 g/mol. The summed E-state index contributed by atoms with van der Waals surface area (Å²) in [5.74, 6) is 0.436. The average Bonchev–Trinajstić information content (AvgIpc) is 3.07. The van der Waals surface area contributed by atoms with Crippen LogP contribution in [0, 0.1) is 6.92 Å². The highest BCUT2D eigenvalue weighted by Crippen LogP contribution is 2.21. The molecule has 1 amide bonds. The van der Waals surface area contributed by atoms with E-state index in [1.54, 1.807) is 19.4 Å². The van der Waals surface area contributed by atoms with Crippen LogP contribution >= 0.6 is 11.6 Å². The molecule has 8 nitrogen and oxygen atoms in total. The van der Waals surface area contributed by atoms with E-state index in [9.17, 15) is 4.79 Å². The van der Waals surface area contributed by atoms with Crippen LogP contribution < -0.4 is 15.8 Å². The van der Waals surface area contributed by atoms with E-state index in [2.05, 4.69) is 20.4 Å². The summed E-state index contributed by atoms with van der Waals surface area (Å²) < 4.78 is 6.76. The van der Waals surface area contributed by atoms with Crippen LogP contribution in [0.25, 0.3) is 5.82 Å². The second-order valence-electron chi connectivity index (χ2n) is 5.45. The molecule has 0 aliphatic carbocycles. The van der Waals surface area contributed by atoms with Gasteiger partial charge in [0.25, 0.3) is 5.91 Å². The van der Waals surface area contributed by atoms with E-state index in [-0.39, 0.29) is 29.0 Å². The Morgan fingerprint density at radius 2 is 2.08 bits per heavy atom. The number of nitrogen functional groups attached to an aromatic ring is 1. The molecule has 9 heteroatoms. The second-order valence-corrected chi connectivity index (χ2v) is 5.81. The van der Waals surface area contributed by atoms with Crippen molar-refractivity contribution < 1.29 is 9.53 Å². The van der Waals surface area contributed by atoms with E-state index >= 15 is 0 Å². The van der Waals surface area contributed by atoms with Gasteiger partial charge in [-0.3, -0.25) is 4.79 Å². The number of para-hydroxylation sites is 1. The normalized spacial score (nSPS) is 10.6. The molecule has 134 valence electrons. The first-order valence-electron chi connectivity index (χ1n) is 7.75. The second kappa shape index (κ2) is 7.40. The molecule has 26 heavy (non-hydrogen) atoms. The molecule has 0 spiro atoms. The SMILES string of the molecule is COc1ccccc1CNC(=O)c1nc(Cl)c(-n2nccc2C)nc1N. The summed E-state index contributed by atoms with van der Waals surface area (Å²) in [5, 5.41) is 6.89. The number of amides is 1. The lowest BCUT2D eigenvalue weighted by Gasteiger charge is -2.11. The van der Waals surface area contributed by atoms with Gasteiger partial charge in [0.15, 0.2) is 22.5 Å². The minimum absolute atomic E-state index is 0.0307. The number of nitrogens with zero attached hydrogens (tertiary/aromatic N) is 4. The molecule has 0 aliphatic rings. The third-order valence-corrected chi connectivity index (χ3v) is 4.00. The zero-order valence-corrected chi connectivity index (χ0v) is 15.0. The molecule has 0 saturated carbocycles. The molecule has 0 saturated heterocycles. The van der Waals surface area contributed by atoms with E-state index in [4.69, 9.17) is 22.1 Å². The molecule has 0 bridgehead atoms. The first-order chi connectivity index (χ1) is 12.5. The smallest absolute Gasteiger partial charge is 0.274 e. The zero-order chi connectivity index (χ0) is 18.7.